The third-order valence-electron chi connectivity index (χ3n) is 3.82. The highest BCUT2D eigenvalue weighted by atomic mass is 19.3. The Morgan fingerprint density at radius 3 is 2.64 bits per heavy atom. The minimum absolute atomic E-state index is 0.0805. The van der Waals surface area contributed by atoms with E-state index in [0.29, 0.717) is 24.2 Å². The van der Waals surface area contributed by atoms with Gasteiger partial charge >= 0.3 is 5.97 Å². The Morgan fingerprint density at radius 1 is 1.36 bits per heavy atom. The van der Waals surface area contributed by atoms with Crippen molar-refractivity contribution >= 4 is 12.0 Å². The van der Waals surface area contributed by atoms with Crippen molar-refractivity contribution in [3.63, 3.8) is 0 Å². The van der Waals surface area contributed by atoms with Gasteiger partial charge in [-0.3, -0.25) is 0 Å². The summed E-state index contributed by atoms with van der Waals surface area (Å²) in [6, 6.07) is 1.57. The van der Waals surface area contributed by atoms with Gasteiger partial charge in [0, 0.05) is 18.4 Å². The Bertz CT molecular complexity index is 563. The SMILES string of the molecule is COC(=O)c1cc(C=CC2CCC(F)(F)CC2)c(OC)cn1. The molecule has 4 nitrogen and oxygen atoms in total. The first-order valence-corrected chi connectivity index (χ1v) is 7.13. The lowest BCUT2D eigenvalue weighted by Gasteiger charge is -2.26. The molecule has 0 N–H and O–H groups in total. The molecule has 1 aromatic rings. The number of rotatable bonds is 4. The van der Waals surface area contributed by atoms with E-state index >= 15 is 0 Å². The molecule has 0 aromatic carbocycles. The number of nitrogens with zero attached hydrogens (tertiary/aromatic N) is 1. The molecule has 6 heteroatoms. The highest BCUT2D eigenvalue weighted by molar-refractivity contribution is 5.88. The minimum atomic E-state index is -2.53. The fraction of sp³-hybridized carbons (Fsp3) is 0.500. The molecule has 2 rings (SSSR count). The number of hydrogen-bond acceptors (Lipinski definition) is 4. The largest absolute Gasteiger partial charge is 0.495 e. The first-order valence-electron chi connectivity index (χ1n) is 7.13. The molecule has 1 fully saturated rings. The standard InChI is InChI=1S/C16H19F2NO3/c1-21-14-10-19-13(15(20)22-2)9-12(14)4-3-11-5-7-16(17,18)8-6-11/h3-4,9-11H,5-8H2,1-2H3. The first-order chi connectivity index (χ1) is 10.4. The highest BCUT2D eigenvalue weighted by Crippen LogP contribution is 2.37. The van der Waals surface area contributed by atoms with E-state index in [1.54, 1.807) is 12.1 Å². The second-order valence-electron chi connectivity index (χ2n) is 5.36. The van der Waals surface area contributed by atoms with Crippen LogP contribution in [0.15, 0.2) is 18.3 Å². The fourth-order valence-corrected chi connectivity index (χ4v) is 2.47. The van der Waals surface area contributed by atoms with E-state index in [9.17, 15) is 13.6 Å². The van der Waals surface area contributed by atoms with Gasteiger partial charge in [-0.2, -0.15) is 0 Å². The summed E-state index contributed by atoms with van der Waals surface area (Å²) < 4.78 is 36.1. The van der Waals surface area contributed by atoms with Crippen molar-refractivity contribution in [2.24, 2.45) is 5.92 Å². The number of carbonyl (C=O) groups excluding carboxylic acids is 1. The zero-order chi connectivity index (χ0) is 16.2. The van der Waals surface area contributed by atoms with Gasteiger partial charge in [0.1, 0.15) is 11.4 Å². The molecule has 0 saturated heterocycles. The van der Waals surface area contributed by atoms with Crippen LogP contribution in [-0.4, -0.2) is 31.1 Å². The van der Waals surface area contributed by atoms with Gasteiger partial charge in [-0.25, -0.2) is 18.6 Å². The highest BCUT2D eigenvalue weighted by Gasteiger charge is 2.33. The average Bonchev–Trinajstić information content (AvgIpc) is 2.52. The van der Waals surface area contributed by atoms with Gasteiger partial charge in [-0.15, -0.1) is 0 Å². The number of alkyl halides is 2. The number of methoxy groups -OCH3 is 2. The van der Waals surface area contributed by atoms with Crippen LogP contribution in [0.4, 0.5) is 8.78 Å². The summed E-state index contributed by atoms with van der Waals surface area (Å²) in [6.07, 6.45) is 5.89. The van der Waals surface area contributed by atoms with E-state index in [4.69, 9.17) is 4.74 Å². The third kappa shape index (κ3) is 4.02. The molecule has 1 saturated carbocycles. The van der Waals surface area contributed by atoms with Crippen molar-refractivity contribution < 1.29 is 23.0 Å². The molecule has 1 aliphatic rings. The van der Waals surface area contributed by atoms with Gasteiger partial charge in [0.25, 0.3) is 0 Å². The Balaban J connectivity index is 2.13. The summed E-state index contributed by atoms with van der Waals surface area (Å²) in [6.45, 7) is 0. The monoisotopic (exact) mass is 311 g/mol. The normalized spacial score (nSPS) is 18.4. The Kier molecular flexibility index (Phi) is 5.11. The molecule has 0 bridgehead atoms. The molecule has 0 spiro atoms. The number of halogens is 2. The van der Waals surface area contributed by atoms with Gasteiger partial charge in [-0.1, -0.05) is 12.2 Å². The maximum atomic E-state index is 13.1. The molecule has 120 valence electrons. The second kappa shape index (κ2) is 6.85. The van der Waals surface area contributed by atoms with Crippen molar-refractivity contribution in [1.82, 2.24) is 4.98 Å². The molecule has 0 atom stereocenters. The van der Waals surface area contributed by atoms with Gasteiger partial charge in [0.05, 0.1) is 20.4 Å². The quantitative estimate of drug-likeness (QED) is 0.795. The van der Waals surface area contributed by atoms with Gasteiger partial charge < -0.3 is 9.47 Å². The Morgan fingerprint density at radius 2 is 2.05 bits per heavy atom. The van der Waals surface area contributed by atoms with Crippen LogP contribution in [-0.2, 0) is 4.74 Å². The van der Waals surface area contributed by atoms with Crippen molar-refractivity contribution in [2.45, 2.75) is 31.6 Å². The molecule has 1 aliphatic carbocycles. The summed E-state index contributed by atoms with van der Waals surface area (Å²) in [5.41, 5.74) is 0.855. The molecule has 0 radical (unpaired) electrons. The van der Waals surface area contributed by atoms with Crippen molar-refractivity contribution in [2.75, 3.05) is 14.2 Å². The topological polar surface area (TPSA) is 48.4 Å². The second-order valence-corrected chi connectivity index (χ2v) is 5.36. The smallest absolute Gasteiger partial charge is 0.356 e. The van der Waals surface area contributed by atoms with E-state index in [1.165, 1.54) is 20.4 Å². The van der Waals surface area contributed by atoms with Crippen molar-refractivity contribution in [3.05, 3.63) is 29.6 Å². The van der Waals surface area contributed by atoms with Crippen LogP contribution < -0.4 is 4.74 Å². The number of pyridine rings is 1. The van der Waals surface area contributed by atoms with Crippen LogP contribution in [0.5, 0.6) is 5.75 Å². The molecule has 1 aromatic heterocycles. The van der Waals surface area contributed by atoms with Crippen LogP contribution >= 0.6 is 0 Å². The lowest BCUT2D eigenvalue weighted by Crippen LogP contribution is -2.23. The van der Waals surface area contributed by atoms with E-state index < -0.39 is 11.9 Å². The van der Waals surface area contributed by atoms with Crippen LogP contribution in [0, 0.1) is 5.92 Å². The Labute approximate surface area is 128 Å². The molecule has 0 amide bonds. The minimum Gasteiger partial charge on any atom is -0.495 e. The zero-order valence-corrected chi connectivity index (χ0v) is 12.6. The van der Waals surface area contributed by atoms with Crippen LogP contribution in [0.2, 0.25) is 0 Å². The molecule has 0 aliphatic heterocycles. The predicted molar refractivity (Wildman–Crippen MR) is 78.1 cm³/mol. The number of aromatic nitrogens is 1. The lowest BCUT2D eigenvalue weighted by molar-refractivity contribution is -0.0410. The molecule has 0 unspecified atom stereocenters. The van der Waals surface area contributed by atoms with Gasteiger partial charge in [-0.05, 0) is 24.8 Å². The summed E-state index contributed by atoms with van der Waals surface area (Å²) in [7, 11) is 2.79. The summed E-state index contributed by atoms with van der Waals surface area (Å²) >= 11 is 0. The Hall–Kier alpha value is -1.98. The average molecular weight is 311 g/mol. The summed E-state index contributed by atoms with van der Waals surface area (Å²) in [5, 5.41) is 0. The number of hydrogen-bond donors (Lipinski definition) is 0. The van der Waals surface area contributed by atoms with Crippen LogP contribution in [0.3, 0.4) is 0 Å². The zero-order valence-electron chi connectivity index (χ0n) is 12.6. The third-order valence-corrected chi connectivity index (χ3v) is 3.82. The predicted octanol–water partition coefficient (Wildman–Crippen LogP) is 3.72. The number of allylic oxidation sites excluding steroid dienone is 1. The number of esters is 1. The van der Waals surface area contributed by atoms with E-state index in [1.807, 2.05) is 6.08 Å². The number of ether oxygens (including phenoxy) is 2. The molecule has 1 heterocycles. The summed E-state index contributed by atoms with van der Waals surface area (Å²) in [4.78, 5) is 15.5. The maximum Gasteiger partial charge on any atom is 0.356 e. The first kappa shape index (κ1) is 16.4. The molecular formula is C16H19F2NO3. The molecular weight excluding hydrogens is 292 g/mol. The van der Waals surface area contributed by atoms with Crippen molar-refractivity contribution in [3.8, 4) is 5.75 Å². The molecule has 22 heavy (non-hydrogen) atoms. The van der Waals surface area contributed by atoms with E-state index in [0.717, 1.165) is 0 Å². The van der Waals surface area contributed by atoms with Gasteiger partial charge in [0.15, 0.2) is 0 Å². The summed E-state index contributed by atoms with van der Waals surface area (Å²) in [5.74, 6) is -2.43. The maximum absolute atomic E-state index is 13.1. The van der Waals surface area contributed by atoms with Gasteiger partial charge in [0.2, 0.25) is 5.92 Å². The van der Waals surface area contributed by atoms with Crippen LogP contribution in [0.25, 0.3) is 6.08 Å². The van der Waals surface area contributed by atoms with Crippen LogP contribution in [0.1, 0.15) is 41.7 Å². The fourth-order valence-electron chi connectivity index (χ4n) is 2.47. The lowest BCUT2D eigenvalue weighted by atomic mass is 9.86. The van der Waals surface area contributed by atoms with E-state index in [-0.39, 0.29) is 24.5 Å². The van der Waals surface area contributed by atoms with E-state index in [2.05, 4.69) is 9.72 Å². The number of carbonyl (C=O) groups is 1. The van der Waals surface area contributed by atoms with Crippen molar-refractivity contribution in [1.29, 1.82) is 0 Å².